The highest BCUT2D eigenvalue weighted by atomic mass is 79.9. The summed E-state index contributed by atoms with van der Waals surface area (Å²) in [5, 5.41) is 13.2. The van der Waals surface area contributed by atoms with Crippen LogP contribution in [0.4, 0.5) is 5.69 Å². The molecule has 118 valence electrons. The molecule has 8 heteroatoms. The monoisotopic (exact) mass is 392 g/mol. The maximum Gasteiger partial charge on any atom is 0.262 e. The minimum absolute atomic E-state index is 0.270. The predicted molar refractivity (Wildman–Crippen MR) is 93.7 cm³/mol. The molecule has 0 saturated carbocycles. The SMILES string of the molecule is CC(NC(=O)c1ccc(Br)s1)C(=O)Nc1ccc2[nH]ncc2c1. The van der Waals surface area contributed by atoms with Crippen molar-refractivity contribution in [2.75, 3.05) is 5.32 Å². The van der Waals surface area contributed by atoms with E-state index < -0.39 is 6.04 Å². The Morgan fingerprint density at radius 2 is 2.13 bits per heavy atom. The molecular formula is C15H13BrN4O2S. The molecule has 3 aromatic rings. The van der Waals surface area contributed by atoms with Crippen LogP contribution < -0.4 is 10.6 Å². The Hall–Kier alpha value is -2.19. The van der Waals surface area contributed by atoms with Crippen LogP contribution in [-0.4, -0.2) is 28.1 Å². The molecule has 1 unspecified atom stereocenters. The Labute approximate surface area is 144 Å². The molecular weight excluding hydrogens is 380 g/mol. The van der Waals surface area contributed by atoms with Gasteiger partial charge in [-0.1, -0.05) is 0 Å². The van der Waals surface area contributed by atoms with Crippen molar-refractivity contribution >= 4 is 55.7 Å². The van der Waals surface area contributed by atoms with Gasteiger partial charge in [-0.2, -0.15) is 5.10 Å². The molecule has 23 heavy (non-hydrogen) atoms. The van der Waals surface area contributed by atoms with Crippen LogP contribution in [0.1, 0.15) is 16.6 Å². The summed E-state index contributed by atoms with van der Waals surface area (Å²) < 4.78 is 0.869. The highest BCUT2D eigenvalue weighted by molar-refractivity contribution is 9.11. The van der Waals surface area contributed by atoms with Gasteiger partial charge in [0.25, 0.3) is 5.91 Å². The second-order valence-electron chi connectivity index (χ2n) is 4.96. The molecule has 2 aromatic heterocycles. The number of H-pyrrole nitrogens is 1. The fourth-order valence-electron chi connectivity index (χ4n) is 2.04. The summed E-state index contributed by atoms with van der Waals surface area (Å²) in [6, 6.07) is 8.30. The number of carbonyl (C=O) groups is 2. The van der Waals surface area contributed by atoms with E-state index in [1.165, 1.54) is 11.3 Å². The van der Waals surface area contributed by atoms with E-state index in [1.807, 2.05) is 12.1 Å². The Balaban J connectivity index is 1.63. The summed E-state index contributed by atoms with van der Waals surface area (Å²) in [7, 11) is 0. The zero-order chi connectivity index (χ0) is 16.4. The molecule has 0 aliphatic rings. The van der Waals surface area contributed by atoms with Gasteiger partial charge in [-0.3, -0.25) is 14.7 Å². The molecule has 0 radical (unpaired) electrons. The largest absolute Gasteiger partial charge is 0.340 e. The third kappa shape index (κ3) is 3.59. The minimum atomic E-state index is -0.650. The van der Waals surface area contributed by atoms with Gasteiger partial charge in [0.05, 0.1) is 20.4 Å². The first-order chi connectivity index (χ1) is 11.0. The van der Waals surface area contributed by atoms with Gasteiger partial charge >= 0.3 is 0 Å². The summed E-state index contributed by atoms with van der Waals surface area (Å²) in [6.45, 7) is 1.65. The van der Waals surface area contributed by atoms with E-state index in [1.54, 1.807) is 31.3 Å². The lowest BCUT2D eigenvalue weighted by molar-refractivity contribution is -0.117. The van der Waals surface area contributed by atoms with E-state index in [-0.39, 0.29) is 11.8 Å². The number of rotatable bonds is 4. The van der Waals surface area contributed by atoms with E-state index in [0.717, 1.165) is 14.7 Å². The fraction of sp³-hybridized carbons (Fsp3) is 0.133. The van der Waals surface area contributed by atoms with E-state index in [2.05, 4.69) is 36.8 Å². The van der Waals surface area contributed by atoms with Crippen molar-refractivity contribution in [3.63, 3.8) is 0 Å². The molecule has 2 amide bonds. The molecule has 1 aromatic carbocycles. The van der Waals surface area contributed by atoms with Gasteiger partial charge in [0.1, 0.15) is 6.04 Å². The second-order valence-corrected chi connectivity index (χ2v) is 7.42. The summed E-state index contributed by atoms with van der Waals surface area (Å²) in [6.07, 6.45) is 1.69. The molecule has 0 spiro atoms. The van der Waals surface area contributed by atoms with Crippen LogP contribution in [0, 0.1) is 0 Å². The second kappa shape index (κ2) is 6.51. The number of benzene rings is 1. The maximum absolute atomic E-state index is 12.2. The van der Waals surface area contributed by atoms with E-state index in [4.69, 9.17) is 0 Å². The Morgan fingerprint density at radius 1 is 1.30 bits per heavy atom. The number of halogens is 1. The first kappa shape index (κ1) is 15.7. The van der Waals surface area contributed by atoms with Crippen molar-refractivity contribution in [3.05, 3.63) is 45.2 Å². The van der Waals surface area contributed by atoms with Crippen LogP contribution in [-0.2, 0) is 4.79 Å². The van der Waals surface area contributed by atoms with Crippen LogP contribution in [0.2, 0.25) is 0 Å². The Morgan fingerprint density at radius 3 is 2.87 bits per heavy atom. The number of aromatic amines is 1. The number of fused-ring (bicyclic) bond motifs is 1. The van der Waals surface area contributed by atoms with Crippen LogP contribution in [0.25, 0.3) is 10.9 Å². The van der Waals surface area contributed by atoms with E-state index >= 15 is 0 Å². The number of hydrogen-bond acceptors (Lipinski definition) is 4. The van der Waals surface area contributed by atoms with Gasteiger partial charge in [-0.25, -0.2) is 0 Å². The highest BCUT2D eigenvalue weighted by Gasteiger charge is 2.18. The van der Waals surface area contributed by atoms with Crippen LogP contribution in [0.5, 0.6) is 0 Å². The average molecular weight is 393 g/mol. The smallest absolute Gasteiger partial charge is 0.262 e. The minimum Gasteiger partial charge on any atom is -0.340 e. The molecule has 0 fully saturated rings. The number of carbonyl (C=O) groups excluding carboxylic acids is 2. The Bertz CT molecular complexity index is 873. The quantitative estimate of drug-likeness (QED) is 0.637. The Kier molecular flexibility index (Phi) is 4.44. The van der Waals surface area contributed by atoms with Crippen molar-refractivity contribution in [2.45, 2.75) is 13.0 Å². The molecule has 3 N–H and O–H groups in total. The van der Waals surface area contributed by atoms with Gasteiger partial charge in [-0.15, -0.1) is 11.3 Å². The summed E-state index contributed by atoms with van der Waals surface area (Å²) in [5.41, 5.74) is 1.55. The van der Waals surface area contributed by atoms with Gasteiger partial charge < -0.3 is 10.6 Å². The van der Waals surface area contributed by atoms with Crippen molar-refractivity contribution in [3.8, 4) is 0 Å². The van der Waals surface area contributed by atoms with Crippen molar-refractivity contribution in [2.24, 2.45) is 0 Å². The van der Waals surface area contributed by atoms with Gasteiger partial charge in [0, 0.05) is 11.1 Å². The van der Waals surface area contributed by atoms with Gasteiger partial charge in [0.2, 0.25) is 5.91 Å². The standard InChI is InChI=1S/C15H13BrN4O2S/c1-8(18-15(22)12-4-5-13(16)23-12)14(21)19-10-2-3-11-9(6-10)7-17-20-11/h2-8H,1H3,(H,17,20)(H,18,22)(H,19,21). The van der Waals surface area contributed by atoms with Gasteiger partial charge in [-0.05, 0) is 53.2 Å². The maximum atomic E-state index is 12.2. The topological polar surface area (TPSA) is 86.9 Å². The van der Waals surface area contributed by atoms with Crippen LogP contribution in [0.3, 0.4) is 0 Å². The number of aromatic nitrogens is 2. The lowest BCUT2D eigenvalue weighted by atomic mass is 10.2. The lowest BCUT2D eigenvalue weighted by Gasteiger charge is -2.13. The first-order valence-corrected chi connectivity index (χ1v) is 8.44. The van der Waals surface area contributed by atoms with E-state index in [9.17, 15) is 9.59 Å². The number of thiophene rings is 1. The summed E-state index contributed by atoms with van der Waals surface area (Å²) in [4.78, 5) is 24.8. The lowest BCUT2D eigenvalue weighted by Crippen LogP contribution is -2.41. The van der Waals surface area contributed by atoms with Crippen molar-refractivity contribution in [1.29, 1.82) is 0 Å². The molecule has 2 heterocycles. The van der Waals surface area contributed by atoms with E-state index in [0.29, 0.717) is 10.6 Å². The highest BCUT2D eigenvalue weighted by Crippen LogP contribution is 2.22. The molecule has 1 atom stereocenters. The first-order valence-electron chi connectivity index (χ1n) is 6.83. The molecule has 0 aliphatic carbocycles. The summed E-state index contributed by atoms with van der Waals surface area (Å²) in [5.74, 6) is -0.551. The number of amides is 2. The fourth-order valence-corrected chi connectivity index (χ4v) is 3.33. The number of nitrogens with zero attached hydrogens (tertiary/aromatic N) is 1. The molecule has 0 saturated heterocycles. The van der Waals surface area contributed by atoms with Gasteiger partial charge in [0.15, 0.2) is 0 Å². The third-order valence-corrected chi connectivity index (χ3v) is 4.87. The molecule has 6 nitrogen and oxygen atoms in total. The average Bonchev–Trinajstić information content (AvgIpc) is 3.15. The zero-order valence-electron chi connectivity index (χ0n) is 12.1. The number of hydrogen-bond donors (Lipinski definition) is 3. The molecule has 3 rings (SSSR count). The molecule has 0 bridgehead atoms. The van der Waals surface area contributed by atoms with Crippen molar-refractivity contribution < 1.29 is 9.59 Å². The molecule has 0 aliphatic heterocycles. The number of nitrogens with one attached hydrogen (secondary N) is 3. The summed E-state index contributed by atoms with van der Waals surface area (Å²) >= 11 is 4.63. The zero-order valence-corrected chi connectivity index (χ0v) is 14.5. The predicted octanol–water partition coefficient (Wildman–Crippen LogP) is 3.14. The normalized spacial score (nSPS) is 12.1. The third-order valence-electron chi connectivity index (χ3n) is 3.25. The van der Waals surface area contributed by atoms with Crippen molar-refractivity contribution in [1.82, 2.24) is 15.5 Å². The van der Waals surface area contributed by atoms with Crippen LogP contribution >= 0.6 is 27.3 Å². The van der Waals surface area contributed by atoms with Crippen LogP contribution in [0.15, 0.2) is 40.3 Å². The number of anilines is 1.